The predicted molar refractivity (Wildman–Crippen MR) is 186 cm³/mol. The summed E-state index contributed by atoms with van der Waals surface area (Å²) in [6.45, 7) is 4.12. The number of amides is 1. The minimum Gasteiger partial charge on any atom is -0.550 e. The smallest absolute Gasteiger partial charge is 0.272 e. The number of aromatic nitrogens is 1. The maximum atomic E-state index is 14.4. The molecule has 0 bridgehead atoms. The van der Waals surface area contributed by atoms with Gasteiger partial charge in [0.05, 0.1) is 12.2 Å². The molecule has 1 amide bonds. The lowest BCUT2D eigenvalue weighted by molar-refractivity contribution is -0.307. The van der Waals surface area contributed by atoms with E-state index in [-0.39, 0.29) is 18.2 Å². The summed E-state index contributed by atoms with van der Waals surface area (Å²) in [7, 11) is 0. The largest absolute Gasteiger partial charge is 0.550 e. The van der Waals surface area contributed by atoms with Crippen LogP contribution in [0.25, 0.3) is 28.3 Å². The number of carboxylic acid groups (broad SMARTS) is 1. The van der Waals surface area contributed by atoms with Gasteiger partial charge in [-0.3, -0.25) is 4.79 Å². The SMILES string of the molecule is CC(C)n1c(/C=C/[C@@H](O)C[C@@H](O)CC(=O)[O-])c(-c2ccc(F)cc2)c(-c2ccc(F)cc2)c1C(=O)Nc1ccc(OCc2ccccc2)cc1. The number of aliphatic hydroxyl groups excluding tert-OH is 2. The molecule has 0 fully saturated rings. The highest BCUT2D eigenvalue weighted by Gasteiger charge is 2.29. The lowest BCUT2D eigenvalue weighted by Gasteiger charge is -2.18. The van der Waals surface area contributed by atoms with Gasteiger partial charge in [0.1, 0.15) is 29.7 Å². The molecule has 0 saturated carbocycles. The Bertz CT molecular complexity index is 1940. The van der Waals surface area contributed by atoms with Gasteiger partial charge in [-0.2, -0.15) is 0 Å². The van der Waals surface area contributed by atoms with Crippen LogP contribution in [0.5, 0.6) is 5.75 Å². The number of anilines is 1. The summed E-state index contributed by atoms with van der Waals surface area (Å²) in [5, 5.41) is 34.7. The Morgan fingerprint density at radius 1 is 0.840 bits per heavy atom. The highest BCUT2D eigenvalue weighted by atomic mass is 19.1. The average molecular weight is 680 g/mol. The first-order valence-corrected chi connectivity index (χ1v) is 16.1. The first kappa shape index (κ1) is 35.7. The summed E-state index contributed by atoms with van der Waals surface area (Å²) in [6.07, 6.45) is -0.550. The molecule has 5 aromatic rings. The second-order valence-electron chi connectivity index (χ2n) is 12.1. The van der Waals surface area contributed by atoms with Crippen LogP contribution in [0.2, 0.25) is 0 Å². The Labute approximate surface area is 288 Å². The van der Waals surface area contributed by atoms with Gasteiger partial charge in [0.25, 0.3) is 5.91 Å². The molecule has 50 heavy (non-hydrogen) atoms. The quantitative estimate of drug-likeness (QED) is 0.119. The van der Waals surface area contributed by atoms with E-state index in [0.29, 0.717) is 46.0 Å². The van der Waals surface area contributed by atoms with Gasteiger partial charge in [0.15, 0.2) is 0 Å². The second-order valence-corrected chi connectivity index (χ2v) is 12.1. The Balaban J connectivity index is 1.59. The van der Waals surface area contributed by atoms with Crippen LogP contribution >= 0.6 is 0 Å². The van der Waals surface area contributed by atoms with Crippen molar-refractivity contribution in [3.05, 3.63) is 138 Å². The van der Waals surface area contributed by atoms with Crippen LogP contribution in [-0.2, 0) is 11.4 Å². The van der Waals surface area contributed by atoms with E-state index in [9.17, 15) is 33.7 Å². The normalized spacial score (nSPS) is 12.6. The van der Waals surface area contributed by atoms with E-state index in [2.05, 4.69) is 5.32 Å². The van der Waals surface area contributed by atoms with Crippen molar-refractivity contribution in [2.45, 2.75) is 51.5 Å². The van der Waals surface area contributed by atoms with E-state index in [1.54, 1.807) is 59.2 Å². The van der Waals surface area contributed by atoms with Gasteiger partial charge in [-0.15, -0.1) is 0 Å². The molecule has 1 heterocycles. The van der Waals surface area contributed by atoms with Crippen molar-refractivity contribution in [2.24, 2.45) is 0 Å². The highest BCUT2D eigenvalue weighted by Crippen LogP contribution is 2.43. The van der Waals surface area contributed by atoms with Crippen molar-refractivity contribution in [1.29, 1.82) is 0 Å². The molecule has 1 aromatic heterocycles. The minimum absolute atomic E-state index is 0.224. The number of carbonyl (C=O) groups excluding carboxylic acids is 2. The van der Waals surface area contributed by atoms with Gasteiger partial charge in [0, 0.05) is 47.4 Å². The van der Waals surface area contributed by atoms with Crippen molar-refractivity contribution < 1.29 is 38.4 Å². The number of carbonyl (C=O) groups is 2. The topological polar surface area (TPSA) is 124 Å². The number of halogens is 2. The molecule has 0 unspecified atom stereocenters. The standard InChI is InChI=1S/C40H38F2N2O6/c1-25(2)44-35(21-18-32(45)22-33(46)23-36(47)48)37(27-8-12-29(41)13-9-27)38(28-10-14-30(42)15-11-28)39(44)40(49)43-31-16-19-34(20-17-31)50-24-26-6-4-3-5-7-26/h3-21,25,32-33,45-46H,22-24H2,1-2H3,(H,43,49)(H,47,48)/p-1/b21-18+/t32-,33-/m1/s1. The van der Waals surface area contributed by atoms with E-state index >= 15 is 0 Å². The van der Waals surface area contributed by atoms with E-state index in [0.717, 1.165) is 5.56 Å². The van der Waals surface area contributed by atoms with Crippen LogP contribution < -0.4 is 15.2 Å². The monoisotopic (exact) mass is 679 g/mol. The number of ether oxygens (including phenoxy) is 1. The Morgan fingerprint density at radius 3 is 1.98 bits per heavy atom. The fourth-order valence-corrected chi connectivity index (χ4v) is 5.74. The van der Waals surface area contributed by atoms with Crippen molar-refractivity contribution in [3.63, 3.8) is 0 Å². The number of aliphatic hydroxyl groups is 2. The van der Waals surface area contributed by atoms with Gasteiger partial charge >= 0.3 is 0 Å². The third kappa shape index (κ3) is 8.90. The Morgan fingerprint density at radius 2 is 1.42 bits per heavy atom. The van der Waals surface area contributed by atoms with E-state index in [4.69, 9.17) is 4.74 Å². The molecular weight excluding hydrogens is 642 g/mol. The van der Waals surface area contributed by atoms with Crippen molar-refractivity contribution in [1.82, 2.24) is 4.57 Å². The van der Waals surface area contributed by atoms with Crippen molar-refractivity contribution in [2.75, 3.05) is 5.32 Å². The third-order valence-electron chi connectivity index (χ3n) is 7.99. The summed E-state index contributed by atoms with van der Waals surface area (Å²) >= 11 is 0. The van der Waals surface area contributed by atoms with Crippen molar-refractivity contribution in [3.8, 4) is 28.0 Å². The molecular formula is C40H37F2N2O6-. The predicted octanol–water partition coefficient (Wildman–Crippen LogP) is 6.78. The molecule has 258 valence electrons. The highest BCUT2D eigenvalue weighted by molar-refractivity contribution is 6.12. The summed E-state index contributed by atoms with van der Waals surface area (Å²) < 4.78 is 36.0. The van der Waals surface area contributed by atoms with E-state index < -0.39 is 42.1 Å². The fraction of sp³-hybridized carbons (Fsp3) is 0.200. The van der Waals surface area contributed by atoms with E-state index in [1.165, 1.54) is 30.3 Å². The van der Waals surface area contributed by atoms with Crippen LogP contribution in [0.1, 0.15) is 54.5 Å². The number of aliphatic carboxylic acids is 1. The summed E-state index contributed by atoms with van der Waals surface area (Å²) in [5.74, 6) is -2.26. The molecule has 0 spiro atoms. The Hall–Kier alpha value is -5.58. The number of hydrogen-bond donors (Lipinski definition) is 3. The van der Waals surface area contributed by atoms with Crippen LogP contribution in [0.3, 0.4) is 0 Å². The fourth-order valence-electron chi connectivity index (χ4n) is 5.74. The van der Waals surface area contributed by atoms with Crippen LogP contribution in [0, 0.1) is 11.6 Å². The molecule has 0 radical (unpaired) electrons. The minimum atomic E-state index is -1.45. The molecule has 10 heteroatoms. The maximum Gasteiger partial charge on any atom is 0.272 e. The van der Waals surface area contributed by atoms with Crippen LogP contribution in [-0.4, -0.2) is 38.9 Å². The zero-order valence-corrected chi connectivity index (χ0v) is 27.6. The number of nitrogens with zero attached hydrogens (tertiary/aromatic N) is 1. The first-order valence-electron chi connectivity index (χ1n) is 16.1. The molecule has 5 rings (SSSR count). The van der Waals surface area contributed by atoms with Crippen molar-refractivity contribution >= 4 is 23.6 Å². The zero-order chi connectivity index (χ0) is 35.8. The summed E-state index contributed by atoms with van der Waals surface area (Å²) in [4.78, 5) is 25.3. The second kappa shape index (κ2) is 16.2. The van der Waals surface area contributed by atoms with Gasteiger partial charge < -0.3 is 34.7 Å². The molecule has 2 atom stereocenters. The van der Waals surface area contributed by atoms with Crippen LogP contribution in [0.4, 0.5) is 14.5 Å². The van der Waals surface area contributed by atoms with E-state index in [1.807, 2.05) is 44.2 Å². The molecule has 8 nitrogen and oxygen atoms in total. The number of rotatable bonds is 14. The molecule has 0 aliphatic rings. The molecule has 4 aromatic carbocycles. The average Bonchev–Trinajstić information content (AvgIpc) is 3.43. The molecule has 0 aliphatic carbocycles. The van der Waals surface area contributed by atoms with Gasteiger partial charge in [0.2, 0.25) is 0 Å². The summed E-state index contributed by atoms with van der Waals surface area (Å²) in [6, 6.07) is 27.7. The van der Waals surface area contributed by atoms with Crippen LogP contribution in [0.15, 0.2) is 109 Å². The zero-order valence-electron chi connectivity index (χ0n) is 27.6. The number of hydrogen-bond acceptors (Lipinski definition) is 6. The molecule has 0 saturated heterocycles. The molecule has 0 aliphatic heterocycles. The third-order valence-corrected chi connectivity index (χ3v) is 7.99. The summed E-state index contributed by atoms with van der Waals surface area (Å²) in [5.41, 5.74) is 4.20. The number of carboxylic acids is 1. The first-order chi connectivity index (χ1) is 24.0. The lowest BCUT2D eigenvalue weighted by atomic mass is 9.94. The number of nitrogens with one attached hydrogen (secondary N) is 1. The lowest BCUT2D eigenvalue weighted by Crippen LogP contribution is -2.29. The van der Waals surface area contributed by atoms with Gasteiger partial charge in [-0.05, 0) is 85.1 Å². The Kier molecular flexibility index (Phi) is 11.6. The number of benzene rings is 4. The maximum absolute atomic E-state index is 14.4. The molecule has 3 N–H and O–H groups in total. The van der Waals surface area contributed by atoms with Gasteiger partial charge in [-0.25, -0.2) is 8.78 Å². The van der Waals surface area contributed by atoms with Gasteiger partial charge in [-0.1, -0.05) is 60.7 Å².